The smallest absolute Gasteiger partial charge is 0.274 e. The number of piperidine rings is 1. The Morgan fingerprint density at radius 3 is 2.56 bits per heavy atom. The number of amides is 1. The molecule has 0 saturated carbocycles. The highest BCUT2D eigenvalue weighted by Gasteiger charge is 2.24. The summed E-state index contributed by atoms with van der Waals surface area (Å²) in [6.45, 7) is 4.77. The number of benzene rings is 1. The van der Waals surface area contributed by atoms with Crippen molar-refractivity contribution in [1.29, 1.82) is 0 Å². The molecule has 0 aliphatic carbocycles. The molecule has 2 heterocycles. The van der Waals surface area contributed by atoms with Crippen LogP contribution in [0.3, 0.4) is 0 Å². The number of carbonyl (C=O) groups excluding carboxylic acids is 1. The lowest BCUT2D eigenvalue weighted by atomic mass is 9.95. The minimum absolute atomic E-state index is 0.0606. The second-order valence-electron chi connectivity index (χ2n) is 7.44. The molecule has 0 bridgehead atoms. The number of aryl methyl sites for hydroxylation is 2. The first-order valence-corrected chi connectivity index (χ1v) is 9.26. The van der Waals surface area contributed by atoms with E-state index < -0.39 is 11.6 Å². The molecule has 1 fully saturated rings. The molecule has 0 spiro atoms. The Labute approximate surface area is 158 Å². The molecule has 2 aromatic rings. The van der Waals surface area contributed by atoms with Gasteiger partial charge in [0, 0.05) is 44.5 Å². The van der Waals surface area contributed by atoms with Crippen molar-refractivity contribution in [2.45, 2.75) is 26.3 Å². The average Bonchev–Trinajstić information content (AvgIpc) is 2.97. The number of likely N-dealkylation sites (tertiary alicyclic amines) is 1. The van der Waals surface area contributed by atoms with E-state index in [2.05, 4.69) is 10.00 Å². The maximum Gasteiger partial charge on any atom is 0.274 e. The van der Waals surface area contributed by atoms with Gasteiger partial charge in [0.1, 0.15) is 11.6 Å². The molecule has 27 heavy (non-hydrogen) atoms. The number of halogens is 2. The fourth-order valence-electron chi connectivity index (χ4n) is 3.55. The number of hydrogen-bond acceptors (Lipinski definition) is 3. The zero-order chi connectivity index (χ0) is 19.6. The molecule has 1 saturated heterocycles. The molecule has 0 N–H and O–H groups in total. The van der Waals surface area contributed by atoms with Crippen LogP contribution < -0.4 is 0 Å². The van der Waals surface area contributed by atoms with Crippen molar-refractivity contribution in [3.63, 3.8) is 0 Å². The van der Waals surface area contributed by atoms with E-state index in [1.807, 2.05) is 21.0 Å². The number of rotatable bonds is 5. The lowest BCUT2D eigenvalue weighted by Crippen LogP contribution is -2.39. The minimum atomic E-state index is -0.550. The predicted molar refractivity (Wildman–Crippen MR) is 99.3 cm³/mol. The number of nitrogens with zero attached hydrogens (tertiary/aromatic N) is 4. The van der Waals surface area contributed by atoms with Crippen molar-refractivity contribution < 1.29 is 13.6 Å². The number of hydrogen-bond donors (Lipinski definition) is 0. The molecule has 1 aromatic carbocycles. The monoisotopic (exact) mass is 376 g/mol. The van der Waals surface area contributed by atoms with E-state index in [-0.39, 0.29) is 5.91 Å². The van der Waals surface area contributed by atoms with Gasteiger partial charge < -0.3 is 4.90 Å². The van der Waals surface area contributed by atoms with Gasteiger partial charge in [-0.15, -0.1) is 0 Å². The van der Waals surface area contributed by atoms with Crippen LogP contribution in [0.15, 0.2) is 24.3 Å². The highest BCUT2D eigenvalue weighted by molar-refractivity contribution is 5.92. The summed E-state index contributed by atoms with van der Waals surface area (Å²) in [6.07, 6.45) is 1.89. The second kappa shape index (κ2) is 8.17. The van der Waals surface area contributed by atoms with Crippen molar-refractivity contribution in [1.82, 2.24) is 19.6 Å². The van der Waals surface area contributed by atoms with Crippen LogP contribution in [0.1, 0.15) is 34.6 Å². The zero-order valence-electron chi connectivity index (χ0n) is 16.1. The molecule has 5 nitrogen and oxygen atoms in total. The summed E-state index contributed by atoms with van der Waals surface area (Å²) >= 11 is 0. The van der Waals surface area contributed by atoms with Gasteiger partial charge in [0.05, 0.1) is 0 Å². The van der Waals surface area contributed by atoms with Gasteiger partial charge in [0.2, 0.25) is 0 Å². The third-order valence-corrected chi connectivity index (χ3v) is 5.33. The van der Waals surface area contributed by atoms with Crippen LogP contribution in [0, 0.1) is 24.5 Å². The van der Waals surface area contributed by atoms with Crippen LogP contribution in [-0.2, 0) is 13.6 Å². The Hall–Kier alpha value is -2.28. The molecule has 146 valence electrons. The van der Waals surface area contributed by atoms with Crippen LogP contribution in [0.4, 0.5) is 8.78 Å². The molecule has 3 rings (SSSR count). The summed E-state index contributed by atoms with van der Waals surface area (Å²) in [5.74, 6) is -0.688. The molecule has 1 amide bonds. The van der Waals surface area contributed by atoms with Crippen molar-refractivity contribution in [2.24, 2.45) is 13.0 Å². The first-order chi connectivity index (χ1) is 12.8. The Balaban J connectivity index is 1.49. The summed E-state index contributed by atoms with van der Waals surface area (Å²) in [5.41, 5.74) is 1.95. The molecule has 1 aliphatic heterocycles. The van der Waals surface area contributed by atoms with Crippen molar-refractivity contribution >= 4 is 5.91 Å². The average molecular weight is 376 g/mol. The Morgan fingerprint density at radius 2 is 1.96 bits per heavy atom. The van der Waals surface area contributed by atoms with Crippen LogP contribution >= 0.6 is 0 Å². The fourth-order valence-corrected chi connectivity index (χ4v) is 3.55. The zero-order valence-corrected chi connectivity index (χ0v) is 16.1. The minimum Gasteiger partial charge on any atom is -0.340 e. The fraction of sp³-hybridized carbons (Fsp3) is 0.500. The summed E-state index contributed by atoms with van der Waals surface area (Å²) in [4.78, 5) is 16.4. The lowest BCUT2D eigenvalue weighted by molar-refractivity contribution is 0.0730. The molecular weight excluding hydrogens is 350 g/mol. The van der Waals surface area contributed by atoms with Crippen LogP contribution in [0.5, 0.6) is 0 Å². The third-order valence-electron chi connectivity index (χ3n) is 5.33. The third kappa shape index (κ3) is 4.71. The first kappa shape index (κ1) is 19.5. The largest absolute Gasteiger partial charge is 0.340 e. The van der Waals surface area contributed by atoms with Gasteiger partial charge in [-0.2, -0.15) is 5.10 Å². The number of carbonyl (C=O) groups is 1. The summed E-state index contributed by atoms with van der Waals surface area (Å²) in [6, 6.07) is 5.55. The Bertz CT molecular complexity index is 793. The van der Waals surface area contributed by atoms with Gasteiger partial charge in [-0.3, -0.25) is 14.4 Å². The molecule has 0 atom stereocenters. The SMILES string of the molecule is Cc1cc(C(=O)N(C)CC2CCN(Cc3ccc(F)cc3F)CC2)nn1C. The molecule has 1 aromatic heterocycles. The van der Waals surface area contributed by atoms with Gasteiger partial charge in [-0.05, 0) is 50.9 Å². The number of aromatic nitrogens is 2. The van der Waals surface area contributed by atoms with E-state index in [1.165, 1.54) is 12.1 Å². The van der Waals surface area contributed by atoms with Crippen molar-refractivity contribution in [3.8, 4) is 0 Å². The molecule has 0 radical (unpaired) electrons. The standard InChI is InChI=1S/C20H26F2N4O/c1-14-10-19(23-25(14)3)20(27)24(2)12-15-6-8-26(9-7-15)13-16-4-5-17(21)11-18(16)22/h4-5,10-11,15H,6-9,12-13H2,1-3H3. The maximum atomic E-state index is 13.8. The van der Waals surface area contributed by atoms with Crippen LogP contribution in [0.25, 0.3) is 0 Å². The highest BCUT2D eigenvalue weighted by atomic mass is 19.1. The van der Waals surface area contributed by atoms with Gasteiger partial charge in [0.15, 0.2) is 5.69 Å². The van der Waals surface area contributed by atoms with E-state index >= 15 is 0 Å². The summed E-state index contributed by atoms with van der Waals surface area (Å²) in [5, 5.41) is 4.25. The van der Waals surface area contributed by atoms with E-state index in [0.29, 0.717) is 30.3 Å². The van der Waals surface area contributed by atoms with Crippen LogP contribution in [0.2, 0.25) is 0 Å². The van der Waals surface area contributed by atoms with Gasteiger partial charge >= 0.3 is 0 Å². The topological polar surface area (TPSA) is 41.4 Å². The molecule has 0 unspecified atom stereocenters. The first-order valence-electron chi connectivity index (χ1n) is 9.26. The Morgan fingerprint density at radius 1 is 1.26 bits per heavy atom. The van der Waals surface area contributed by atoms with Crippen molar-refractivity contribution in [2.75, 3.05) is 26.7 Å². The van der Waals surface area contributed by atoms with Crippen LogP contribution in [-0.4, -0.2) is 52.2 Å². The van der Waals surface area contributed by atoms with E-state index in [1.54, 1.807) is 15.6 Å². The van der Waals surface area contributed by atoms with Gasteiger partial charge in [0.25, 0.3) is 5.91 Å². The van der Waals surface area contributed by atoms with Gasteiger partial charge in [-0.1, -0.05) is 6.07 Å². The maximum absolute atomic E-state index is 13.8. The van der Waals surface area contributed by atoms with E-state index in [9.17, 15) is 13.6 Å². The predicted octanol–water partition coefficient (Wildman–Crippen LogP) is 2.99. The second-order valence-corrected chi connectivity index (χ2v) is 7.44. The lowest BCUT2D eigenvalue weighted by Gasteiger charge is -2.33. The Kier molecular flexibility index (Phi) is 5.89. The van der Waals surface area contributed by atoms with Gasteiger partial charge in [-0.25, -0.2) is 8.78 Å². The summed E-state index contributed by atoms with van der Waals surface area (Å²) < 4.78 is 28.5. The van der Waals surface area contributed by atoms with E-state index in [0.717, 1.165) is 37.7 Å². The normalized spacial score (nSPS) is 15.9. The molecular formula is C20H26F2N4O. The highest BCUT2D eigenvalue weighted by Crippen LogP contribution is 2.21. The quantitative estimate of drug-likeness (QED) is 0.806. The molecule has 1 aliphatic rings. The molecule has 7 heteroatoms. The van der Waals surface area contributed by atoms with Crippen molar-refractivity contribution in [3.05, 3.63) is 52.9 Å². The van der Waals surface area contributed by atoms with E-state index in [4.69, 9.17) is 0 Å². The summed E-state index contributed by atoms with van der Waals surface area (Å²) in [7, 11) is 3.64.